The molecule has 208 valence electrons. The molecule has 2 aliphatic rings. The number of ketones is 1. The Bertz CT molecular complexity index is 1740. The first-order valence-electron chi connectivity index (χ1n) is 12.5. The Labute approximate surface area is 252 Å². The van der Waals surface area contributed by atoms with Crippen LogP contribution in [0.2, 0.25) is 10.0 Å². The van der Waals surface area contributed by atoms with Crippen molar-refractivity contribution >= 4 is 68.9 Å². The maximum atomic E-state index is 15.2. The van der Waals surface area contributed by atoms with E-state index in [-0.39, 0.29) is 22.4 Å². The van der Waals surface area contributed by atoms with Gasteiger partial charge in [-0.25, -0.2) is 4.39 Å². The van der Waals surface area contributed by atoms with Crippen LogP contribution in [-0.4, -0.2) is 33.1 Å². The molecule has 0 saturated carbocycles. The van der Waals surface area contributed by atoms with Gasteiger partial charge in [0.1, 0.15) is 29.5 Å². The van der Waals surface area contributed by atoms with Crippen molar-refractivity contribution in [3.8, 4) is 5.75 Å². The number of hydrogen-bond donors (Lipinski definition) is 1. The number of nitrogens with zero attached hydrogens (tertiary/aromatic N) is 3. The van der Waals surface area contributed by atoms with Crippen LogP contribution in [0.5, 0.6) is 5.75 Å². The van der Waals surface area contributed by atoms with Crippen molar-refractivity contribution in [1.29, 1.82) is 0 Å². The number of thioether (sulfide) groups is 1. The van der Waals surface area contributed by atoms with Gasteiger partial charge < -0.3 is 9.84 Å². The zero-order chi connectivity index (χ0) is 28.8. The monoisotopic (exact) mass is 627 g/mol. The topological polar surface area (TPSA) is 92.6 Å². The maximum absolute atomic E-state index is 15.2. The minimum atomic E-state index is -1.25. The van der Waals surface area contributed by atoms with Crippen molar-refractivity contribution in [3.05, 3.63) is 104 Å². The van der Waals surface area contributed by atoms with Gasteiger partial charge in [0.05, 0.1) is 5.57 Å². The quantitative estimate of drug-likeness (QED) is 0.0792. The van der Waals surface area contributed by atoms with Gasteiger partial charge in [-0.2, -0.15) is 0 Å². The second kappa shape index (κ2) is 11.1. The fourth-order valence-electron chi connectivity index (χ4n) is 4.88. The molecule has 1 fully saturated rings. The lowest BCUT2D eigenvalue weighted by Crippen LogP contribution is -2.29. The van der Waals surface area contributed by atoms with Gasteiger partial charge in [-0.3, -0.25) is 14.5 Å². The lowest BCUT2D eigenvalue weighted by atomic mass is 9.94. The van der Waals surface area contributed by atoms with E-state index in [9.17, 15) is 14.7 Å². The van der Waals surface area contributed by atoms with E-state index in [1.165, 1.54) is 30.0 Å². The van der Waals surface area contributed by atoms with E-state index < -0.39 is 29.3 Å². The molecule has 3 aromatic carbocycles. The number of benzene rings is 3. The molecule has 7 nitrogen and oxygen atoms in total. The summed E-state index contributed by atoms with van der Waals surface area (Å²) in [5.74, 6) is -1.77. The van der Waals surface area contributed by atoms with Gasteiger partial charge in [-0.1, -0.05) is 70.6 Å². The van der Waals surface area contributed by atoms with Gasteiger partial charge in [0, 0.05) is 33.3 Å². The highest BCUT2D eigenvalue weighted by Gasteiger charge is 2.49. The van der Waals surface area contributed by atoms with Gasteiger partial charge in [-0.15, -0.1) is 10.2 Å². The Morgan fingerprint density at radius 2 is 1.95 bits per heavy atom. The van der Waals surface area contributed by atoms with Crippen molar-refractivity contribution in [3.63, 3.8) is 0 Å². The maximum Gasteiger partial charge on any atom is 0.301 e. The highest BCUT2D eigenvalue weighted by Crippen LogP contribution is 2.45. The van der Waals surface area contributed by atoms with Crippen LogP contribution < -0.4 is 9.64 Å². The Kier molecular flexibility index (Phi) is 7.50. The van der Waals surface area contributed by atoms with E-state index in [0.717, 1.165) is 27.4 Å². The average Bonchev–Trinajstić information content (AvgIpc) is 3.63. The van der Waals surface area contributed by atoms with Crippen LogP contribution in [0.15, 0.2) is 70.6 Å². The zero-order valence-corrected chi connectivity index (χ0v) is 24.5. The van der Waals surface area contributed by atoms with Crippen LogP contribution in [0, 0.1) is 5.82 Å². The molecule has 0 unspecified atom stereocenters. The number of carbonyl (C=O) groups is 2. The van der Waals surface area contributed by atoms with Crippen LogP contribution >= 0.6 is 46.3 Å². The number of Topliss-reactive ketones (excluding diaryl/α,β-unsaturated/α-hetero) is 1. The molecule has 2 aliphatic heterocycles. The van der Waals surface area contributed by atoms with Crippen LogP contribution in [0.4, 0.5) is 9.52 Å². The molecule has 41 heavy (non-hydrogen) atoms. The molecule has 4 aromatic rings. The number of aliphatic hydroxyl groups excluding tert-OH is 1. The number of rotatable bonds is 6. The van der Waals surface area contributed by atoms with Crippen molar-refractivity contribution < 1.29 is 23.8 Å². The summed E-state index contributed by atoms with van der Waals surface area (Å²) in [6, 6.07) is 14.8. The number of ether oxygens (including phenoxy) is 1. The van der Waals surface area contributed by atoms with Crippen LogP contribution in [0.25, 0.3) is 5.76 Å². The molecule has 3 heterocycles. The van der Waals surface area contributed by atoms with Gasteiger partial charge >= 0.3 is 5.91 Å². The highest BCUT2D eigenvalue weighted by atomic mass is 35.5. The number of hydrogen-bond acceptors (Lipinski definition) is 8. The first-order chi connectivity index (χ1) is 19.7. The number of halogens is 3. The van der Waals surface area contributed by atoms with E-state index in [0.29, 0.717) is 37.9 Å². The molecule has 12 heteroatoms. The molecule has 2 atom stereocenters. The second-order valence-corrected chi connectivity index (χ2v) is 12.5. The summed E-state index contributed by atoms with van der Waals surface area (Å²) in [5.41, 5.74) is 1.84. The lowest BCUT2D eigenvalue weighted by molar-refractivity contribution is -0.132. The van der Waals surface area contributed by atoms with E-state index in [2.05, 4.69) is 10.2 Å². The van der Waals surface area contributed by atoms with Crippen molar-refractivity contribution in [2.45, 2.75) is 35.6 Å². The van der Waals surface area contributed by atoms with E-state index >= 15 is 4.39 Å². The Morgan fingerprint density at radius 3 is 2.73 bits per heavy atom. The largest absolute Gasteiger partial charge is 0.507 e. The molecule has 1 amide bonds. The highest BCUT2D eigenvalue weighted by molar-refractivity contribution is 8.00. The summed E-state index contributed by atoms with van der Waals surface area (Å²) in [6.45, 7) is 1.93. The molecule has 0 spiro atoms. The summed E-state index contributed by atoms with van der Waals surface area (Å²) >= 11 is 14.7. The van der Waals surface area contributed by atoms with Gasteiger partial charge in [-0.05, 0) is 54.4 Å². The number of carbonyl (C=O) groups excluding carboxylic acids is 2. The van der Waals surface area contributed by atoms with E-state index in [1.807, 2.05) is 13.0 Å². The van der Waals surface area contributed by atoms with Gasteiger partial charge in [0.25, 0.3) is 5.78 Å². The zero-order valence-electron chi connectivity index (χ0n) is 21.3. The molecular formula is C29H20Cl2FN3O4S2. The summed E-state index contributed by atoms with van der Waals surface area (Å²) in [7, 11) is 0. The van der Waals surface area contributed by atoms with Gasteiger partial charge in [0.2, 0.25) is 5.13 Å². The van der Waals surface area contributed by atoms with Crippen LogP contribution in [0.1, 0.15) is 35.2 Å². The van der Waals surface area contributed by atoms with Gasteiger partial charge in [0.15, 0.2) is 4.34 Å². The second-order valence-electron chi connectivity index (χ2n) is 9.52. The summed E-state index contributed by atoms with van der Waals surface area (Å²) in [6.07, 6.45) is 0.611. The Balaban J connectivity index is 1.39. The molecule has 1 aromatic heterocycles. The number of amides is 1. The third-order valence-electron chi connectivity index (χ3n) is 6.78. The fraction of sp³-hybridized carbons (Fsp3) is 0.172. The predicted octanol–water partition coefficient (Wildman–Crippen LogP) is 7.23. The Hall–Kier alpha value is -3.44. The minimum absolute atomic E-state index is 0.0217. The summed E-state index contributed by atoms with van der Waals surface area (Å²) in [5, 5.41) is 20.9. The first-order valence-corrected chi connectivity index (χ1v) is 15.0. The fourth-order valence-corrected chi connectivity index (χ4v) is 7.31. The average molecular weight is 629 g/mol. The number of aliphatic hydroxyl groups is 1. The SMILES string of the molecule is C[C@@H]1Cc2cc(C(O)=C3C(=O)C(=O)N(c4nnc(SCc5ccc(Cl)cc5Cl)s4)[C@H]3c3ccccc3F)ccc2O1. The molecular weight excluding hydrogens is 608 g/mol. The Morgan fingerprint density at radius 1 is 1.15 bits per heavy atom. The molecule has 0 aliphatic carbocycles. The van der Waals surface area contributed by atoms with Crippen LogP contribution in [0.3, 0.4) is 0 Å². The first kappa shape index (κ1) is 27.7. The third kappa shape index (κ3) is 5.21. The predicted molar refractivity (Wildman–Crippen MR) is 157 cm³/mol. The molecule has 0 bridgehead atoms. The smallest absolute Gasteiger partial charge is 0.301 e. The van der Waals surface area contributed by atoms with Crippen molar-refractivity contribution in [2.24, 2.45) is 0 Å². The normalized spacial score (nSPS) is 19.5. The summed E-state index contributed by atoms with van der Waals surface area (Å²) in [4.78, 5) is 28.0. The number of fused-ring (bicyclic) bond motifs is 1. The van der Waals surface area contributed by atoms with E-state index in [1.54, 1.807) is 36.4 Å². The summed E-state index contributed by atoms with van der Waals surface area (Å²) < 4.78 is 21.4. The molecule has 1 saturated heterocycles. The third-order valence-corrected chi connectivity index (χ3v) is 9.47. The van der Waals surface area contributed by atoms with Crippen molar-refractivity contribution in [2.75, 3.05) is 4.90 Å². The van der Waals surface area contributed by atoms with Crippen LogP contribution in [-0.2, 0) is 21.8 Å². The minimum Gasteiger partial charge on any atom is -0.507 e. The van der Waals surface area contributed by atoms with E-state index in [4.69, 9.17) is 27.9 Å². The number of anilines is 1. The standard InChI is InChI=1S/C29H20Cl2FN3O4S2/c1-14-10-17-11-15(7-9-22(17)39-14)25(36)23-24(19-4-2-3-5-21(19)32)35(27(38)26(23)37)28-33-34-29(41-28)40-13-16-6-8-18(30)12-20(16)31/h2-9,11-12,14,24,36H,10,13H2,1H3/t14-,24+/m1/s1. The van der Waals surface area contributed by atoms with Crippen molar-refractivity contribution in [1.82, 2.24) is 10.2 Å². The molecule has 6 rings (SSSR count). The lowest BCUT2D eigenvalue weighted by Gasteiger charge is -2.22. The molecule has 1 N–H and O–H groups in total. The number of aromatic nitrogens is 2. The molecule has 0 radical (unpaired) electrons.